The highest BCUT2D eigenvalue weighted by atomic mass is 32.2. The summed E-state index contributed by atoms with van der Waals surface area (Å²) < 4.78 is 0. The van der Waals surface area contributed by atoms with Crippen molar-refractivity contribution in [3.8, 4) is 0 Å². The van der Waals surface area contributed by atoms with E-state index >= 15 is 0 Å². The van der Waals surface area contributed by atoms with Crippen LogP contribution in [0.3, 0.4) is 0 Å². The highest BCUT2D eigenvalue weighted by Crippen LogP contribution is 2.43. The molecule has 1 aliphatic carbocycles. The van der Waals surface area contributed by atoms with E-state index in [-0.39, 0.29) is 0 Å². The lowest BCUT2D eigenvalue weighted by molar-refractivity contribution is -0.0105. The van der Waals surface area contributed by atoms with E-state index in [0.29, 0.717) is 5.54 Å². The molecule has 0 radical (unpaired) electrons. The van der Waals surface area contributed by atoms with Crippen molar-refractivity contribution in [2.75, 3.05) is 25.4 Å². The minimum Gasteiger partial charge on any atom is -0.329 e. The second-order valence-corrected chi connectivity index (χ2v) is 6.70. The molecule has 0 spiro atoms. The zero-order chi connectivity index (χ0) is 10.9. The van der Waals surface area contributed by atoms with E-state index < -0.39 is 0 Å². The predicted molar refractivity (Wildman–Crippen MR) is 68.3 cm³/mol. The molecule has 15 heavy (non-hydrogen) atoms. The van der Waals surface area contributed by atoms with Gasteiger partial charge in [0.2, 0.25) is 0 Å². The van der Waals surface area contributed by atoms with Crippen molar-refractivity contribution in [1.29, 1.82) is 0 Å². The Morgan fingerprint density at radius 2 is 2.20 bits per heavy atom. The zero-order valence-electron chi connectivity index (χ0n) is 10.0. The Balaban J connectivity index is 1.96. The highest BCUT2D eigenvalue weighted by Gasteiger charge is 2.46. The Morgan fingerprint density at radius 3 is 2.73 bits per heavy atom. The van der Waals surface area contributed by atoms with E-state index in [9.17, 15) is 0 Å². The lowest BCUT2D eigenvalue weighted by Gasteiger charge is -2.55. The fourth-order valence-corrected chi connectivity index (χ4v) is 4.37. The summed E-state index contributed by atoms with van der Waals surface area (Å²) in [5.74, 6) is 2.19. The molecule has 0 bridgehead atoms. The Labute approximate surface area is 98.0 Å². The maximum Gasteiger partial charge on any atom is 0.0337 e. The molecule has 2 rings (SSSR count). The normalized spacial score (nSPS) is 42.6. The molecule has 3 heteroatoms. The van der Waals surface area contributed by atoms with Gasteiger partial charge in [0.1, 0.15) is 0 Å². The third kappa shape index (κ3) is 2.20. The molecule has 1 atom stereocenters. The molecule has 1 heterocycles. The molecule has 2 N–H and O–H groups in total. The van der Waals surface area contributed by atoms with Crippen LogP contribution in [0.5, 0.6) is 0 Å². The fourth-order valence-electron chi connectivity index (χ4n) is 3.19. The molecule has 0 amide bonds. The first-order chi connectivity index (χ1) is 7.20. The SMILES string of the molecule is CCC1CN(C2(CN)CC(C)C2)CCS1. The molecular formula is C12H24N2S. The third-order valence-electron chi connectivity index (χ3n) is 4.10. The zero-order valence-corrected chi connectivity index (χ0v) is 10.9. The summed E-state index contributed by atoms with van der Waals surface area (Å²) in [4.78, 5) is 2.69. The van der Waals surface area contributed by atoms with Gasteiger partial charge in [-0.3, -0.25) is 4.90 Å². The maximum absolute atomic E-state index is 6.00. The highest BCUT2D eigenvalue weighted by molar-refractivity contribution is 8.00. The van der Waals surface area contributed by atoms with Crippen molar-refractivity contribution < 1.29 is 0 Å². The third-order valence-corrected chi connectivity index (χ3v) is 5.47. The first kappa shape index (κ1) is 11.7. The smallest absolute Gasteiger partial charge is 0.0337 e. The quantitative estimate of drug-likeness (QED) is 0.800. The number of nitrogens with zero attached hydrogens (tertiary/aromatic N) is 1. The van der Waals surface area contributed by atoms with Crippen LogP contribution in [0.1, 0.15) is 33.1 Å². The van der Waals surface area contributed by atoms with Crippen molar-refractivity contribution in [2.24, 2.45) is 11.7 Å². The molecule has 1 saturated heterocycles. The fraction of sp³-hybridized carbons (Fsp3) is 1.00. The molecule has 2 fully saturated rings. The molecule has 88 valence electrons. The van der Waals surface area contributed by atoms with Crippen LogP contribution >= 0.6 is 11.8 Å². The summed E-state index contributed by atoms with van der Waals surface area (Å²) >= 11 is 2.15. The number of thioether (sulfide) groups is 1. The lowest BCUT2D eigenvalue weighted by atomic mass is 9.68. The van der Waals surface area contributed by atoms with Gasteiger partial charge in [0.25, 0.3) is 0 Å². The molecule has 2 nitrogen and oxygen atoms in total. The van der Waals surface area contributed by atoms with Gasteiger partial charge in [0, 0.05) is 36.2 Å². The predicted octanol–water partition coefficient (Wildman–Crippen LogP) is 1.94. The van der Waals surface area contributed by atoms with Crippen molar-refractivity contribution >= 4 is 11.8 Å². The summed E-state index contributed by atoms with van der Waals surface area (Å²) in [6.07, 6.45) is 3.95. The van der Waals surface area contributed by atoms with Gasteiger partial charge in [-0.15, -0.1) is 0 Å². The van der Waals surface area contributed by atoms with Gasteiger partial charge in [-0.1, -0.05) is 13.8 Å². The van der Waals surface area contributed by atoms with Gasteiger partial charge in [0.05, 0.1) is 0 Å². The van der Waals surface area contributed by atoms with E-state index in [1.165, 1.54) is 38.1 Å². The molecule has 1 aliphatic heterocycles. The van der Waals surface area contributed by atoms with Gasteiger partial charge in [-0.2, -0.15) is 11.8 Å². The molecule has 1 saturated carbocycles. The van der Waals surface area contributed by atoms with Crippen LogP contribution in [0, 0.1) is 5.92 Å². The van der Waals surface area contributed by atoms with Crippen molar-refractivity contribution in [1.82, 2.24) is 4.90 Å². The van der Waals surface area contributed by atoms with Crippen LogP contribution in [-0.2, 0) is 0 Å². The second-order valence-electron chi connectivity index (χ2n) is 5.29. The number of rotatable bonds is 3. The van der Waals surface area contributed by atoms with Gasteiger partial charge in [-0.05, 0) is 25.2 Å². The summed E-state index contributed by atoms with van der Waals surface area (Å²) in [5, 5.41) is 0.845. The van der Waals surface area contributed by atoms with Crippen molar-refractivity contribution in [2.45, 2.75) is 43.9 Å². The maximum atomic E-state index is 6.00. The number of hydrogen-bond acceptors (Lipinski definition) is 3. The standard InChI is InChI=1S/C12H24N2S/c1-3-11-8-14(4-5-15-11)12(9-13)6-10(2)7-12/h10-11H,3-9,13H2,1-2H3. The van der Waals surface area contributed by atoms with E-state index in [2.05, 4.69) is 30.5 Å². The minimum atomic E-state index is 0.383. The van der Waals surface area contributed by atoms with Gasteiger partial charge in [-0.25, -0.2) is 0 Å². The summed E-state index contributed by atoms with van der Waals surface area (Å²) in [5.41, 5.74) is 6.38. The largest absolute Gasteiger partial charge is 0.329 e. The summed E-state index contributed by atoms with van der Waals surface area (Å²) in [6, 6.07) is 0. The topological polar surface area (TPSA) is 29.3 Å². The Bertz CT molecular complexity index is 214. The van der Waals surface area contributed by atoms with Gasteiger partial charge >= 0.3 is 0 Å². The van der Waals surface area contributed by atoms with Crippen LogP contribution < -0.4 is 5.73 Å². The van der Waals surface area contributed by atoms with Crippen molar-refractivity contribution in [3.63, 3.8) is 0 Å². The van der Waals surface area contributed by atoms with Crippen LogP contribution in [-0.4, -0.2) is 41.1 Å². The lowest BCUT2D eigenvalue weighted by Crippen LogP contribution is -2.63. The summed E-state index contributed by atoms with van der Waals surface area (Å²) in [6.45, 7) is 8.04. The molecule has 0 aromatic rings. The Morgan fingerprint density at radius 1 is 1.47 bits per heavy atom. The second kappa shape index (κ2) is 4.64. The van der Waals surface area contributed by atoms with Crippen LogP contribution in [0.25, 0.3) is 0 Å². The van der Waals surface area contributed by atoms with E-state index in [1.807, 2.05) is 0 Å². The molecule has 2 aliphatic rings. The number of nitrogens with two attached hydrogens (primary N) is 1. The average Bonchev–Trinajstić information content (AvgIpc) is 2.24. The number of hydrogen-bond donors (Lipinski definition) is 1. The molecule has 1 unspecified atom stereocenters. The minimum absolute atomic E-state index is 0.383. The molecule has 0 aromatic heterocycles. The van der Waals surface area contributed by atoms with Crippen LogP contribution in [0.2, 0.25) is 0 Å². The van der Waals surface area contributed by atoms with E-state index in [1.54, 1.807) is 0 Å². The Kier molecular flexibility index (Phi) is 3.63. The monoisotopic (exact) mass is 228 g/mol. The molecule has 0 aromatic carbocycles. The average molecular weight is 228 g/mol. The summed E-state index contributed by atoms with van der Waals surface area (Å²) in [7, 11) is 0. The van der Waals surface area contributed by atoms with Crippen LogP contribution in [0.15, 0.2) is 0 Å². The first-order valence-electron chi connectivity index (χ1n) is 6.27. The van der Waals surface area contributed by atoms with E-state index in [0.717, 1.165) is 17.7 Å². The Hall–Kier alpha value is 0.270. The van der Waals surface area contributed by atoms with Crippen LogP contribution in [0.4, 0.5) is 0 Å². The van der Waals surface area contributed by atoms with Gasteiger partial charge < -0.3 is 5.73 Å². The van der Waals surface area contributed by atoms with Gasteiger partial charge in [0.15, 0.2) is 0 Å². The van der Waals surface area contributed by atoms with E-state index in [4.69, 9.17) is 5.73 Å². The van der Waals surface area contributed by atoms with Crippen molar-refractivity contribution in [3.05, 3.63) is 0 Å². The first-order valence-corrected chi connectivity index (χ1v) is 7.32. The molecular weight excluding hydrogens is 204 g/mol.